The van der Waals surface area contributed by atoms with Crippen LogP contribution in [0.15, 0.2) is 140 Å². The summed E-state index contributed by atoms with van der Waals surface area (Å²) in [6.07, 6.45) is -0.0672. The van der Waals surface area contributed by atoms with Crippen molar-refractivity contribution in [1.82, 2.24) is 54.0 Å². The standard InChI is InChI=1S/C34H34F4N4.C26H29F3IN3.C22H30IN3O2.C14H17BFNO2/c1-6-21-9-8-10-22(7-2)30(21)42-31(26-13-14-28(35)29-25(26)15-16-39-29)27-19-41(33(4,5)32(27)40-42)18-23-11-12-24(17-20(23)3)34(36,37)38;1-6-17-9-8-10-18(7-2)22(17)33-24(30)21-15-32(25(4,5)23(21)31-33)14-19-11-12-20(13-16(19)3)26(27,28)29;1-8-14-11-10-12-15(9-2)17(14)26-19(23)16-13-25(20(27)28-21(3,4)5)22(6,7)18(16)24-26;1-13(2)14(3,4)19-15(18-13)10-5-6-11(16)12-9(10)7-8-17-12/h8-17,39H,6-7,18-19H2,1-5H3;8-13H,6-7,14-15H2,1-5H3;10-12H,8-9,13H2,1-7H3;5-8,17H,1-4H3. The molecule has 16 rings (SSSR count). The molecular formula is C96H110BF8I2N11O4. The van der Waals surface area contributed by atoms with Gasteiger partial charge in [0.2, 0.25) is 0 Å². The molecule has 4 aliphatic rings. The van der Waals surface area contributed by atoms with Crippen LogP contribution in [0.5, 0.6) is 0 Å². The number of para-hydroxylation sites is 3. The van der Waals surface area contributed by atoms with Crippen LogP contribution in [0.2, 0.25) is 0 Å². The van der Waals surface area contributed by atoms with Gasteiger partial charge in [-0.25, -0.2) is 27.6 Å². The molecule has 0 atom stereocenters. The number of aryl methyl sites for hydroxylation is 8. The highest BCUT2D eigenvalue weighted by atomic mass is 127. The van der Waals surface area contributed by atoms with Crippen LogP contribution in [0, 0.1) is 32.9 Å². The maximum Gasteiger partial charge on any atom is 0.495 e. The molecule has 122 heavy (non-hydrogen) atoms. The van der Waals surface area contributed by atoms with Gasteiger partial charge in [-0.15, -0.1) is 0 Å². The number of amides is 1. The van der Waals surface area contributed by atoms with Gasteiger partial charge in [0.15, 0.2) is 0 Å². The number of alkyl halides is 6. The molecule has 0 bridgehead atoms. The van der Waals surface area contributed by atoms with E-state index < -0.39 is 58.5 Å². The van der Waals surface area contributed by atoms with Gasteiger partial charge < -0.3 is 24.0 Å². The third kappa shape index (κ3) is 17.1. The Hall–Kier alpha value is -8.68. The lowest BCUT2D eigenvalue weighted by Crippen LogP contribution is -2.43. The fourth-order valence-electron chi connectivity index (χ4n) is 17.2. The largest absolute Gasteiger partial charge is 0.495 e. The van der Waals surface area contributed by atoms with Gasteiger partial charge in [0, 0.05) is 71.6 Å². The van der Waals surface area contributed by atoms with E-state index in [0.29, 0.717) is 48.3 Å². The van der Waals surface area contributed by atoms with Crippen molar-refractivity contribution in [3.05, 3.63) is 259 Å². The van der Waals surface area contributed by atoms with E-state index in [2.05, 4.69) is 203 Å². The van der Waals surface area contributed by atoms with Gasteiger partial charge >= 0.3 is 25.6 Å². The maximum absolute atomic E-state index is 14.8. The SMILES string of the molecule is CC1(C)OB(c2ccc(F)c3[nH]ccc23)OC1(C)C.CCc1cccc(CC)c1-n1nc2c(c1-c1ccc(F)c3[nH]ccc13)CN(Cc1ccc(C(F)(F)F)cc1C)C2(C)C.CCc1cccc(CC)c1-n1nc2c(c1I)CN(C(=O)OC(C)(C)C)C2(C)C.CCc1cccc(CC)c1-n1nc2c(c1I)CN(Cc1ccc(C(F)(F)F)cc1C)C2(C)C. The van der Waals surface area contributed by atoms with E-state index in [1.54, 1.807) is 49.3 Å². The van der Waals surface area contributed by atoms with Crippen molar-refractivity contribution in [3.8, 4) is 28.3 Å². The minimum absolute atomic E-state index is 0.264. The van der Waals surface area contributed by atoms with Gasteiger partial charge in [-0.1, -0.05) is 114 Å². The van der Waals surface area contributed by atoms with Crippen molar-refractivity contribution in [2.24, 2.45) is 0 Å². The Balaban J connectivity index is 0.000000145. The number of aromatic amines is 2. The second-order valence-corrected chi connectivity index (χ2v) is 37.7. The van der Waals surface area contributed by atoms with Crippen LogP contribution in [0.4, 0.5) is 39.9 Å². The molecule has 0 spiro atoms. The average molecular weight is 1900 g/mol. The zero-order valence-electron chi connectivity index (χ0n) is 73.6. The molecule has 1 fully saturated rings. The highest BCUT2D eigenvalue weighted by Crippen LogP contribution is 2.50. The molecule has 7 aromatic carbocycles. The fraction of sp³-hybridized carbons (Fsp3) is 0.417. The van der Waals surface area contributed by atoms with Crippen LogP contribution in [0.1, 0.15) is 232 Å². The van der Waals surface area contributed by atoms with Gasteiger partial charge in [-0.3, -0.25) is 14.7 Å². The first-order valence-electron chi connectivity index (χ1n) is 42.0. The summed E-state index contributed by atoms with van der Waals surface area (Å²) in [4.78, 5) is 25.1. The number of fused-ring (bicyclic) bond motifs is 5. The number of ether oxygens (including phenoxy) is 1. The second kappa shape index (κ2) is 34.3. The van der Waals surface area contributed by atoms with Crippen LogP contribution >= 0.6 is 45.2 Å². The molecule has 1 amide bonds. The first-order chi connectivity index (χ1) is 57.3. The Labute approximate surface area is 738 Å². The van der Waals surface area contributed by atoms with E-state index in [9.17, 15) is 39.9 Å². The Bertz CT molecular complexity index is 5860. The van der Waals surface area contributed by atoms with Gasteiger partial charge in [0.05, 0.1) is 96.4 Å². The van der Waals surface area contributed by atoms with Crippen LogP contribution in [0.25, 0.3) is 50.1 Å². The lowest BCUT2D eigenvalue weighted by Gasteiger charge is -2.33. The number of carbonyl (C=O) groups is 1. The highest BCUT2D eigenvalue weighted by Gasteiger charge is 2.53. The zero-order chi connectivity index (χ0) is 88.8. The minimum Gasteiger partial charge on any atom is -0.444 e. The molecule has 4 aliphatic heterocycles. The van der Waals surface area contributed by atoms with Crippen LogP contribution in [-0.4, -0.2) is 84.0 Å². The summed E-state index contributed by atoms with van der Waals surface area (Å²) < 4.78 is 134. The Morgan fingerprint density at radius 3 is 1.24 bits per heavy atom. The topological polar surface area (TPSA) is 140 Å². The summed E-state index contributed by atoms with van der Waals surface area (Å²) >= 11 is 4.77. The van der Waals surface area contributed by atoms with Crippen molar-refractivity contribution < 1.29 is 54.0 Å². The highest BCUT2D eigenvalue weighted by molar-refractivity contribution is 14.1. The molecule has 2 N–H and O–H groups in total. The van der Waals surface area contributed by atoms with Gasteiger partial charge in [0.1, 0.15) is 24.6 Å². The van der Waals surface area contributed by atoms with Crippen molar-refractivity contribution in [2.45, 2.75) is 262 Å². The van der Waals surface area contributed by atoms with Crippen LogP contribution < -0.4 is 5.46 Å². The summed E-state index contributed by atoms with van der Waals surface area (Å²) in [5, 5.41) is 17.0. The Morgan fingerprint density at radius 2 is 0.844 bits per heavy atom. The number of hydrogen-bond donors (Lipinski definition) is 2. The monoisotopic (exact) mass is 1900 g/mol. The molecule has 9 heterocycles. The molecule has 0 radical (unpaired) electrons. The molecule has 646 valence electrons. The smallest absolute Gasteiger partial charge is 0.444 e. The average Bonchev–Trinajstić information content (AvgIpc) is 1.56. The lowest BCUT2D eigenvalue weighted by atomic mass is 9.77. The van der Waals surface area contributed by atoms with Gasteiger partial charge in [-0.2, -0.15) is 41.6 Å². The van der Waals surface area contributed by atoms with Crippen LogP contribution in [0.3, 0.4) is 0 Å². The molecule has 15 nitrogen and oxygen atoms in total. The summed E-state index contributed by atoms with van der Waals surface area (Å²) in [6, 6.07) is 37.5. The summed E-state index contributed by atoms with van der Waals surface area (Å²) in [5.41, 5.74) is 19.9. The van der Waals surface area contributed by atoms with Crippen molar-refractivity contribution in [3.63, 3.8) is 0 Å². The fourth-order valence-corrected chi connectivity index (χ4v) is 18.8. The van der Waals surface area contributed by atoms with E-state index >= 15 is 0 Å². The van der Waals surface area contributed by atoms with Gasteiger partial charge in [0.25, 0.3) is 0 Å². The lowest BCUT2D eigenvalue weighted by molar-refractivity contribution is -0.138. The van der Waals surface area contributed by atoms with Crippen LogP contribution in [-0.2, 0) is 114 Å². The molecule has 0 saturated carbocycles. The van der Waals surface area contributed by atoms with Crippen molar-refractivity contribution in [1.29, 1.82) is 0 Å². The predicted molar refractivity (Wildman–Crippen MR) is 485 cm³/mol. The molecular weight excluding hydrogens is 1790 g/mol. The number of nitrogens with one attached hydrogen (secondary N) is 2. The molecule has 0 unspecified atom stereocenters. The van der Waals surface area contributed by atoms with E-state index in [4.69, 9.17) is 29.3 Å². The van der Waals surface area contributed by atoms with E-state index in [1.807, 2.05) is 80.5 Å². The normalized spacial score (nSPS) is 16.4. The molecule has 12 aromatic rings. The quantitative estimate of drug-likeness (QED) is 0.0583. The first-order valence-corrected chi connectivity index (χ1v) is 44.1. The third-order valence-corrected chi connectivity index (χ3v) is 27.4. The summed E-state index contributed by atoms with van der Waals surface area (Å²) in [5.74, 6) is -0.579. The number of aromatic nitrogens is 8. The van der Waals surface area contributed by atoms with E-state index in [-0.39, 0.29) is 23.3 Å². The first kappa shape index (κ1) is 91.0. The number of nitrogens with zero attached hydrogens (tertiary/aromatic N) is 9. The Morgan fingerprint density at radius 1 is 0.475 bits per heavy atom. The number of benzene rings is 7. The Kier molecular flexibility index (Phi) is 25.6. The number of rotatable bonds is 15. The molecule has 5 aromatic heterocycles. The van der Waals surface area contributed by atoms with Crippen molar-refractivity contribution in [2.75, 3.05) is 0 Å². The predicted octanol–water partition coefficient (Wildman–Crippen LogP) is 24.2. The van der Waals surface area contributed by atoms with E-state index in [0.717, 1.165) is 131 Å². The minimum atomic E-state index is -4.38. The maximum atomic E-state index is 14.8. The number of hydrogen-bond acceptors (Lipinski definition) is 9. The summed E-state index contributed by atoms with van der Waals surface area (Å²) in [7, 11) is -0.469. The van der Waals surface area contributed by atoms with Gasteiger partial charge in [-0.05, 0) is 303 Å². The number of H-pyrrole nitrogens is 2. The zero-order valence-corrected chi connectivity index (χ0v) is 77.9. The number of halogens is 10. The molecule has 26 heteroatoms. The van der Waals surface area contributed by atoms with Crippen molar-refractivity contribution >= 4 is 85.7 Å². The second-order valence-electron chi connectivity index (χ2n) is 35.6. The summed E-state index contributed by atoms with van der Waals surface area (Å²) in [6.45, 7) is 45.6. The van der Waals surface area contributed by atoms with E-state index in [1.165, 1.54) is 80.7 Å². The third-order valence-electron chi connectivity index (χ3n) is 25.2. The molecule has 0 aliphatic carbocycles. The number of carbonyl (C=O) groups excluding carboxylic acids is 1. The molecule has 1 saturated heterocycles.